The van der Waals surface area contributed by atoms with Gasteiger partial charge in [-0.3, -0.25) is 15.1 Å². The van der Waals surface area contributed by atoms with E-state index in [1.165, 1.54) is 12.3 Å². The summed E-state index contributed by atoms with van der Waals surface area (Å²) in [6.07, 6.45) is 3.19. The van der Waals surface area contributed by atoms with Crippen molar-refractivity contribution < 1.29 is 14.3 Å². The molecule has 0 spiro atoms. The molecule has 0 saturated heterocycles. The first kappa shape index (κ1) is 14.6. The monoisotopic (exact) mass is 254 g/mol. The van der Waals surface area contributed by atoms with E-state index in [0.717, 1.165) is 6.20 Å². The fraction of sp³-hybridized carbons (Fsp3) is 0.538. The molecule has 0 amide bonds. The number of hydrogen-bond donors (Lipinski definition) is 2. The summed E-state index contributed by atoms with van der Waals surface area (Å²) in [5.74, 6) is -1.03. The molecule has 1 rings (SSSR count). The van der Waals surface area contributed by atoms with Crippen molar-refractivity contribution >= 4 is 5.97 Å². The van der Waals surface area contributed by atoms with Crippen LogP contribution in [-0.2, 0) is 4.79 Å². The smallest absolute Gasteiger partial charge is 0.320 e. The number of pyridine rings is 1. The highest BCUT2D eigenvalue weighted by Gasteiger charge is 2.21. The fourth-order valence-corrected chi connectivity index (χ4v) is 1.77. The molecule has 4 nitrogen and oxygen atoms in total. The van der Waals surface area contributed by atoms with Crippen molar-refractivity contribution in [2.24, 2.45) is 5.92 Å². The minimum Gasteiger partial charge on any atom is -0.480 e. The van der Waals surface area contributed by atoms with E-state index in [2.05, 4.69) is 10.3 Å². The quantitative estimate of drug-likeness (QED) is 0.818. The largest absolute Gasteiger partial charge is 0.480 e. The first-order valence-corrected chi connectivity index (χ1v) is 5.99. The van der Waals surface area contributed by atoms with Crippen LogP contribution in [0.15, 0.2) is 18.5 Å². The molecule has 18 heavy (non-hydrogen) atoms. The molecule has 0 saturated carbocycles. The van der Waals surface area contributed by atoms with Crippen molar-refractivity contribution in [1.82, 2.24) is 10.3 Å². The molecule has 2 N–H and O–H groups in total. The average Bonchev–Trinajstić information content (AvgIpc) is 2.27. The summed E-state index contributed by atoms with van der Waals surface area (Å²) < 4.78 is 13.0. The van der Waals surface area contributed by atoms with Crippen molar-refractivity contribution in [2.75, 3.05) is 0 Å². The second-order valence-electron chi connectivity index (χ2n) is 4.85. The molecule has 5 heteroatoms. The molecule has 0 fully saturated rings. The van der Waals surface area contributed by atoms with Gasteiger partial charge in [-0.05, 0) is 30.9 Å². The Labute approximate surface area is 106 Å². The number of rotatable bonds is 6. The minimum absolute atomic E-state index is 0.256. The van der Waals surface area contributed by atoms with E-state index in [1.807, 2.05) is 13.8 Å². The number of hydrogen-bond acceptors (Lipinski definition) is 3. The predicted octanol–water partition coefficient (Wildman–Crippen LogP) is 2.37. The normalized spacial score (nSPS) is 14.5. The summed E-state index contributed by atoms with van der Waals surface area (Å²) in [7, 11) is 0. The molecule has 1 aromatic heterocycles. The number of carboxylic acids is 1. The van der Waals surface area contributed by atoms with Gasteiger partial charge in [0.05, 0.1) is 6.20 Å². The molecule has 1 heterocycles. The van der Waals surface area contributed by atoms with Gasteiger partial charge in [0.15, 0.2) is 0 Å². The van der Waals surface area contributed by atoms with Crippen LogP contribution in [0.25, 0.3) is 0 Å². The average molecular weight is 254 g/mol. The maximum Gasteiger partial charge on any atom is 0.320 e. The van der Waals surface area contributed by atoms with Gasteiger partial charge in [0, 0.05) is 12.2 Å². The zero-order valence-corrected chi connectivity index (χ0v) is 10.9. The summed E-state index contributed by atoms with van der Waals surface area (Å²) in [6.45, 7) is 5.73. The van der Waals surface area contributed by atoms with Crippen molar-refractivity contribution in [3.05, 3.63) is 29.8 Å². The van der Waals surface area contributed by atoms with Crippen LogP contribution in [0.1, 0.15) is 38.8 Å². The van der Waals surface area contributed by atoms with E-state index < -0.39 is 17.8 Å². The number of carbonyl (C=O) groups is 1. The van der Waals surface area contributed by atoms with Gasteiger partial charge in [-0.15, -0.1) is 0 Å². The lowest BCUT2D eigenvalue weighted by atomic mass is 10.0. The van der Waals surface area contributed by atoms with Crippen molar-refractivity contribution in [1.29, 1.82) is 0 Å². The first-order valence-electron chi connectivity index (χ1n) is 5.99. The Morgan fingerprint density at radius 2 is 2.11 bits per heavy atom. The van der Waals surface area contributed by atoms with Crippen LogP contribution in [0.3, 0.4) is 0 Å². The summed E-state index contributed by atoms with van der Waals surface area (Å²) in [6, 6.07) is 0.468. The molecule has 0 aliphatic carbocycles. The lowest BCUT2D eigenvalue weighted by molar-refractivity contribution is -0.140. The van der Waals surface area contributed by atoms with E-state index >= 15 is 0 Å². The Morgan fingerprint density at radius 1 is 1.44 bits per heavy atom. The van der Waals surface area contributed by atoms with Crippen LogP contribution < -0.4 is 5.32 Å². The zero-order valence-electron chi connectivity index (χ0n) is 10.9. The lowest BCUT2D eigenvalue weighted by Crippen LogP contribution is -2.39. The molecular weight excluding hydrogens is 235 g/mol. The van der Waals surface area contributed by atoms with E-state index in [4.69, 9.17) is 5.11 Å². The Balaban J connectivity index is 2.72. The summed E-state index contributed by atoms with van der Waals surface area (Å²) in [4.78, 5) is 14.9. The molecule has 2 unspecified atom stereocenters. The second kappa shape index (κ2) is 6.44. The van der Waals surface area contributed by atoms with E-state index in [-0.39, 0.29) is 12.0 Å². The molecule has 0 radical (unpaired) electrons. The number of halogens is 1. The maximum absolute atomic E-state index is 13.0. The van der Waals surface area contributed by atoms with Gasteiger partial charge in [0.2, 0.25) is 0 Å². The zero-order chi connectivity index (χ0) is 13.7. The Hall–Kier alpha value is -1.49. The number of nitrogens with one attached hydrogen (secondary N) is 1. The topological polar surface area (TPSA) is 62.2 Å². The standard InChI is InChI=1S/C13H19FN2O2/c1-8(2)4-12(13(17)18)16-9(3)10-5-11(14)7-15-6-10/h5-9,12,16H,4H2,1-3H3,(H,17,18). The van der Waals surface area contributed by atoms with E-state index in [1.54, 1.807) is 6.92 Å². The van der Waals surface area contributed by atoms with Gasteiger partial charge in [-0.2, -0.15) is 0 Å². The minimum atomic E-state index is -0.889. The highest BCUT2D eigenvalue weighted by Crippen LogP contribution is 2.15. The first-order chi connectivity index (χ1) is 8.40. The highest BCUT2D eigenvalue weighted by molar-refractivity contribution is 5.73. The Bertz CT molecular complexity index is 410. The van der Waals surface area contributed by atoms with Crippen LogP contribution >= 0.6 is 0 Å². The number of carboxylic acid groups (broad SMARTS) is 1. The number of aromatic nitrogens is 1. The fourth-order valence-electron chi connectivity index (χ4n) is 1.77. The second-order valence-corrected chi connectivity index (χ2v) is 4.85. The van der Waals surface area contributed by atoms with E-state index in [9.17, 15) is 9.18 Å². The van der Waals surface area contributed by atoms with Crippen LogP contribution in [0.4, 0.5) is 4.39 Å². The molecule has 100 valence electrons. The third-order valence-corrected chi connectivity index (χ3v) is 2.68. The summed E-state index contributed by atoms with van der Waals surface area (Å²) in [5, 5.41) is 12.1. The van der Waals surface area contributed by atoms with Crippen LogP contribution in [0, 0.1) is 11.7 Å². The Morgan fingerprint density at radius 3 is 2.61 bits per heavy atom. The highest BCUT2D eigenvalue weighted by atomic mass is 19.1. The summed E-state index contributed by atoms with van der Waals surface area (Å²) in [5.41, 5.74) is 0.644. The van der Waals surface area contributed by atoms with Gasteiger partial charge in [-0.1, -0.05) is 13.8 Å². The third kappa shape index (κ3) is 4.41. The van der Waals surface area contributed by atoms with Crippen LogP contribution in [0.2, 0.25) is 0 Å². The van der Waals surface area contributed by atoms with Gasteiger partial charge < -0.3 is 5.11 Å². The van der Waals surface area contributed by atoms with Gasteiger partial charge in [0.1, 0.15) is 11.9 Å². The Kier molecular flexibility index (Phi) is 5.22. The SMILES string of the molecule is CC(C)CC(NC(C)c1cncc(F)c1)C(=O)O. The maximum atomic E-state index is 13.0. The molecule has 0 bridgehead atoms. The molecule has 0 aromatic carbocycles. The van der Waals surface area contributed by atoms with Crippen molar-refractivity contribution in [2.45, 2.75) is 39.3 Å². The van der Waals surface area contributed by atoms with Gasteiger partial charge in [0.25, 0.3) is 0 Å². The molecule has 1 aromatic rings. The van der Waals surface area contributed by atoms with Crippen molar-refractivity contribution in [3.63, 3.8) is 0 Å². The molecule has 2 atom stereocenters. The molecule has 0 aliphatic heterocycles. The number of aliphatic carboxylic acids is 1. The van der Waals surface area contributed by atoms with Crippen LogP contribution in [-0.4, -0.2) is 22.1 Å². The van der Waals surface area contributed by atoms with Gasteiger partial charge >= 0.3 is 5.97 Å². The van der Waals surface area contributed by atoms with Crippen LogP contribution in [0.5, 0.6) is 0 Å². The lowest BCUT2D eigenvalue weighted by Gasteiger charge is -2.21. The van der Waals surface area contributed by atoms with Crippen molar-refractivity contribution in [3.8, 4) is 0 Å². The van der Waals surface area contributed by atoms with Gasteiger partial charge in [-0.25, -0.2) is 4.39 Å². The number of nitrogens with zero attached hydrogens (tertiary/aromatic N) is 1. The van der Waals surface area contributed by atoms with E-state index in [0.29, 0.717) is 12.0 Å². The third-order valence-electron chi connectivity index (χ3n) is 2.68. The summed E-state index contributed by atoms with van der Waals surface area (Å²) >= 11 is 0. The predicted molar refractivity (Wildman–Crippen MR) is 66.6 cm³/mol. The molecular formula is C13H19FN2O2. The molecule has 0 aliphatic rings.